The highest BCUT2D eigenvalue weighted by Crippen LogP contribution is 2.40. The Kier molecular flexibility index (Phi) is 5.55. The molecule has 0 aliphatic carbocycles. The number of aromatic nitrogens is 2. The molecule has 0 radical (unpaired) electrons. The lowest BCUT2D eigenvalue weighted by atomic mass is 9.90. The molecule has 36 heavy (non-hydrogen) atoms. The molecule has 0 aliphatic heterocycles. The van der Waals surface area contributed by atoms with E-state index in [0.29, 0.717) is 11.5 Å². The Hall–Kier alpha value is -4.70. The number of oxazole rings is 1. The van der Waals surface area contributed by atoms with Gasteiger partial charge in [-0.25, -0.2) is 4.98 Å². The van der Waals surface area contributed by atoms with Crippen LogP contribution in [0.5, 0.6) is 5.75 Å². The molecule has 6 rings (SSSR count). The molecular formula is C32H24N2O2. The topological polar surface area (TPSA) is 59.2 Å². The van der Waals surface area contributed by atoms with E-state index >= 15 is 0 Å². The fourth-order valence-corrected chi connectivity index (χ4v) is 4.67. The van der Waals surface area contributed by atoms with Gasteiger partial charge >= 0.3 is 0 Å². The van der Waals surface area contributed by atoms with E-state index in [4.69, 9.17) is 9.40 Å². The first-order valence-corrected chi connectivity index (χ1v) is 12.0. The van der Waals surface area contributed by atoms with Crippen molar-refractivity contribution in [3.63, 3.8) is 0 Å². The number of nitrogens with zero attached hydrogens (tertiary/aromatic N) is 2. The van der Waals surface area contributed by atoms with Crippen molar-refractivity contribution in [2.45, 2.75) is 12.8 Å². The molecule has 0 bridgehead atoms. The van der Waals surface area contributed by atoms with Gasteiger partial charge in [0.05, 0.1) is 11.3 Å². The van der Waals surface area contributed by atoms with Crippen molar-refractivity contribution in [2.75, 3.05) is 0 Å². The van der Waals surface area contributed by atoms with Gasteiger partial charge in [-0.1, -0.05) is 85.8 Å². The highest BCUT2D eigenvalue weighted by atomic mass is 16.4. The molecule has 0 saturated heterocycles. The smallest absolute Gasteiger partial charge is 0.231 e. The van der Waals surface area contributed by atoms with Crippen molar-refractivity contribution in [3.8, 4) is 39.6 Å². The largest absolute Gasteiger partial charge is 0.507 e. The van der Waals surface area contributed by atoms with Crippen LogP contribution in [-0.2, 0) is 0 Å². The summed E-state index contributed by atoms with van der Waals surface area (Å²) in [5.41, 5.74) is 8.26. The van der Waals surface area contributed by atoms with Gasteiger partial charge in [-0.15, -0.1) is 0 Å². The van der Waals surface area contributed by atoms with Crippen LogP contribution < -0.4 is 0 Å². The van der Waals surface area contributed by atoms with Crippen molar-refractivity contribution in [1.82, 2.24) is 9.97 Å². The van der Waals surface area contributed by atoms with Gasteiger partial charge in [0.15, 0.2) is 5.58 Å². The first-order chi connectivity index (χ1) is 17.7. The molecule has 0 fully saturated rings. The summed E-state index contributed by atoms with van der Waals surface area (Å²) in [6.45, 7) is 2.17. The molecule has 4 aromatic carbocycles. The summed E-state index contributed by atoms with van der Waals surface area (Å²) in [6, 6.07) is 36.0. The summed E-state index contributed by atoms with van der Waals surface area (Å²) < 4.78 is 6.40. The van der Waals surface area contributed by atoms with E-state index in [-0.39, 0.29) is 11.7 Å². The van der Waals surface area contributed by atoms with Gasteiger partial charge < -0.3 is 9.52 Å². The summed E-state index contributed by atoms with van der Waals surface area (Å²) in [7, 11) is 0. The Balaban J connectivity index is 1.56. The summed E-state index contributed by atoms with van der Waals surface area (Å²) in [5.74, 6) is 0.645. The Bertz CT molecular complexity index is 1660. The summed E-state index contributed by atoms with van der Waals surface area (Å²) >= 11 is 0. The minimum atomic E-state index is 0.104. The third-order valence-corrected chi connectivity index (χ3v) is 6.61. The molecule has 0 amide bonds. The van der Waals surface area contributed by atoms with Gasteiger partial charge in [0.25, 0.3) is 0 Å². The van der Waals surface area contributed by atoms with Gasteiger partial charge in [0, 0.05) is 28.8 Å². The Morgan fingerprint density at radius 2 is 1.50 bits per heavy atom. The highest BCUT2D eigenvalue weighted by Gasteiger charge is 2.21. The van der Waals surface area contributed by atoms with Gasteiger partial charge in [-0.3, -0.25) is 4.98 Å². The van der Waals surface area contributed by atoms with E-state index in [0.717, 1.165) is 39.0 Å². The predicted molar refractivity (Wildman–Crippen MR) is 144 cm³/mol. The molecule has 4 nitrogen and oxygen atoms in total. The molecule has 6 aromatic rings. The van der Waals surface area contributed by atoms with E-state index in [1.54, 1.807) is 18.3 Å². The Labute approximate surface area is 209 Å². The van der Waals surface area contributed by atoms with Gasteiger partial charge in [-0.2, -0.15) is 0 Å². The molecule has 1 unspecified atom stereocenters. The number of phenolic OH excluding ortho intramolecular Hbond substituents is 1. The van der Waals surface area contributed by atoms with Crippen molar-refractivity contribution >= 4 is 11.1 Å². The van der Waals surface area contributed by atoms with E-state index in [2.05, 4.69) is 54.4 Å². The van der Waals surface area contributed by atoms with Gasteiger partial charge in [-0.05, 0) is 41.5 Å². The second kappa shape index (κ2) is 9.16. The summed E-state index contributed by atoms with van der Waals surface area (Å²) in [5, 5.41) is 10.5. The fraction of sp³-hybridized carbons (Fsp3) is 0.0625. The predicted octanol–water partition coefficient (Wildman–Crippen LogP) is 8.08. The minimum absolute atomic E-state index is 0.104. The maximum Gasteiger partial charge on any atom is 0.231 e. The van der Waals surface area contributed by atoms with E-state index in [1.165, 1.54) is 5.56 Å². The first kappa shape index (κ1) is 21.8. The molecule has 4 heteroatoms. The number of fused-ring (bicyclic) bond motifs is 1. The van der Waals surface area contributed by atoms with Crippen LogP contribution in [0.1, 0.15) is 24.0 Å². The average Bonchev–Trinajstić information content (AvgIpc) is 3.39. The molecule has 174 valence electrons. The number of aromatic hydroxyl groups is 1. The zero-order chi connectivity index (χ0) is 24.5. The number of hydrogen-bond acceptors (Lipinski definition) is 4. The molecule has 1 N–H and O–H groups in total. The third-order valence-electron chi connectivity index (χ3n) is 6.61. The van der Waals surface area contributed by atoms with Crippen LogP contribution in [0.4, 0.5) is 0 Å². The van der Waals surface area contributed by atoms with Crippen molar-refractivity contribution in [3.05, 3.63) is 127 Å². The lowest BCUT2D eigenvalue weighted by Crippen LogP contribution is -1.97. The Morgan fingerprint density at radius 3 is 2.31 bits per heavy atom. The molecule has 1 atom stereocenters. The van der Waals surface area contributed by atoms with Crippen LogP contribution in [0.3, 0.4) is 0 Å². The first-order valence-electron chi connectivity index (χ1n) is 12.0. The van der Waals surface area contributed by atoms with E-state index in [1.807, 2.05) is 54.6 Å². The fourth-order valence-electron chi connectivity index (χ4n) is 4.67. The molecule has 2 aromatic heterocycles. The van der Waals surface area contributed by atoms with E-state index in [9.17, 15) is 5.11 Å². The normalized spacial score (nSPS) is 12.0. The molecule has 0 saturated carbocycles. The van der Waals surface area contributed by atoms with Crippen LogP contribution >= 0.6 is 0 Å². The maximum atomic E-state index is 10.5. The number of pyridine rings is 1. The lowest BCUT2D eigenvalue weighted by molar-refractivity contribution is 0.474. The quantitative estimate of drug-likeness (QED) is 0.278. The lowest BCUT2D eigenvalue weighted by Gasteiger charge is -2.14. The second-order valence-corrected chi connectivity index (χ2v) is 8.84. The van der Waals surface area contributed by atoms with Gasteiger partial charge in [0.2, 0.25) is 5.89 Å². The number of para-hydroxylation sites is 1. The van der Waals surface area contributed by atoms with Gasteiger partial charge in [0.1, 0.15) is 11.3 Å². The number of phenols is 1. The summed E-state index contributed by atoms with van der Waals surface area (Å²) in [6.07, 6.45) is 1.80. The van der Waals surface area contributed by atoms with Crippen molar-refractivity contribution in [1.29, 1.82) is 0 Å². The maximum absolute atomic E-state index is 10.5. The number of benzene rings is 4. The van der Waals surface area contributed by atoms with Crippen molar-refractivity contribution < 1.29 is 9.52 Å². The molecular weight excluding hydrogens is 444 g/mol. The minimum Gasteiger partial charge on any atom is -0.507 e. The van der Waals surface area contributed by atoms with Crippen LogP contribution in [0, 0.1) is 0 Å². The second-order valence-electron chi connectivity index (χ2n) is 8.84. The van der Waals surface area contributed by atoms with Crippen LogP contribution in [0.2, 0.25) is 0 Å². The van der Waals surface area contributed by atoms with Crippen LogP contribution in [0.25, 0.3) is 44.9 Å². The molecule has 0 spiro atoms. The standard InChI is InChI=1S/C32H24N2O2/c1-21(22-10-3-2-4-11-22)25-17-18-26(23-12-9-13-24(20-23)28-15-7-8-19-33-28)30-31(25)36-32(34-30)27-14-5-6-16-29(27)35/h2-21,35H,1H3. The average molecular weight is 469 g/mol. The van der Waals surface area contributed by atoms with Crippen molar-refractivity contribution in [2.24, 2.45) is 0 Å². The number of rotatable bonds is 5. The third kappa shape index (κ3) is 3.93. The zero-order valence-electron chi connectivity index (χ0n) is 19.8. The van der Waals surface area contributed by atoms with E-state index < -0.39 is 0 Å². The number of hydrogen-bond donors (Lipinski definition) is 1. The summed E-state index contributed by atoms with van der Waals surface area (Å²) in [4.78, 5) is 9.43. The highest BCUT2D eigenvalue weighted by molar-refractivity contribution is 5.95. The van der Waals surface area contributed by atoms with Crippen LogP contribution in [-0.4, -0.2) is 15.1 Å². The Morgan fingerprint density at radius 1 is 0.722 bits per heavy atom. The van der Waals surface area contributed by atoms with Crippen LogP contribution in [0.15, 0.2) is 120 Å². The molecule has 2 heterocycles. The molecule has 0 aliphatic rings. The zero-order valence-corrected chi connectivity index (χ0v) is 19.8. The monoisotopic (exact) mass is 468 g/mol. The SMILES string of the molecule is CC(c1ccccc1)c1ccc(-c2cccc(-c3ccccn3)c2)c2nc(-c3ccccc3O)oc12.